The third-order valence-corrected chi connectivity index (χ3v) is 3.62. The summed E-state index contributed by atoms with van der Waals surface area (Å²) >= 11 is 0. The minimum atomic E-state index is -0.794. The predicted octanol–water partition coefficient (Wildman–Crippen LogP) is 1.73. The zero-order valence-corrected chi connectivity index (χ0v) is 12.1. The van der Waals surface area contributed by atoms with Crippen LogP contribution in [0.15, 0.2) is 18.3 Å². The van der Waals surface area contributed by atoms with Gasteiger partial charge in [-0.15, -0.1) is 0 Å². The van der Waals surface area contributed by atoms with Crippen molar-refractivity contribution in [2.24, 2.45) is 0 Å². The smallest absolute Gasteiger partial charge is 0.325 e. The lowest BCUT2D eigenvalue weighted by molar-refractivity contribution is -0.131. The van der Waals surface area contributed by atoms with Crippen molar-refractivity contribution in [3.05, 3.63) is 23.9 Å². The van der Waals surface area contributed by atoms with E-state index >= 15 is 0 Å². The second kappa shape index (κ2) is 5.48. The maximum atomic E-state index is 12.3. The molecule has 2 N–H and O–H groups in total. The summed E-state index contributed by atoms with van der Waals surface area (Å²) in [6.07, 6.45) is 2.25. The van der Waals surface area contributed by atoms with Gasteiger partial charge < -0.3 is 10.6 Å². The number of amides is 3. The van der Waals surface area contributed by atoms with Crippen molar-refractivity contribution in [2.75, 3.05) is 11.9 Å². The number of anilines is 1. The van der Waals surface area contributed by atoms with Gasteiger partial charge in [0.15, 0.2) is 0 Å². The summed E-state index contributed by atoms with van der Waals surface area (Å²) in [5.74, 6) is 0.525. The van der Waals surface area contributed by atoms with Gasteiger partial charge in [-0.05, 0) is 26.3 Å². The van der Waals surface area contributed by atoms with Crippen LogP contribution in [0.4, 0.5) is 10.6 Å². The number of imide groups is 1. The number of pyridine rings is 1. The highest BCUT2D eigenvalue weighted by molar-refractivity contribution is 6.06. The van der Waals surface area contributed by atoms with Gasteiger partial charge >= 0.3 is 6.03 Å². The minimum Gasteiger partial charge on any atom is -0.370 e. The van der Waals surface area contributed by atoms with E-state index in [1.807, 2.05) is 19.9 Å². The third-order valence-electron chi connectivity index (χ3n) is 3.62. The Kier molecular flexibility index (Phi) is 3.92. The first-order valence-electron chi connectivity index (χ1n) is 6.83. The van der Waals surface area contributed by atoms with Gasteiger partial charge in [0.25, 0.3) is 5.91 Å². The van der Waals surface area contributed by atoms with Crippen LogP contribution in [-0.4, -0.2) is 33.9 Å². The molecule has 1 aliphatic heterocycles. The van der Waals surface area contributed by atoms with E-state index in [0.717, 1.165) is 12.1 Å². The number of nitrogens with one attached hydrogen (secondary N) is 2. The summed E-state index contributed by atoms with van der Waals surface area (Å²) in [6, 6.07) is 3.33. The molecule has 1 aromatic heterocycles. The topological polar surface area (TPSA) is 74.3 Å². The van der Waals surface area contributed by atoms with Gasteiger partial charge in [0, 0.05) is 18.3 Å². The first-order chi connectivity index (χ1) is 9.51. The molecule has 0 saturated carbocycles. The highest BCUT2D eigenvalue weighted by Gasteiger charge is 2.46. The second-order valence-electron chi connectivity index (χ2n) is 5.05. The van der Waals surface area contributed by atoms with E-state index in [2.05, 4.69) is 15.6 Å². The number of carbonyl (C=O) groups excluding carboxylic acids is 2. The number of carbonyl (C=O) groups is 2. The van der Waals surface area contributed by atoms with Gasteiger partial charge in [0.05, 0.1) is 6.54 Å². The first kappa shape index (κ1) is 14.3. The summed E-state index contributed by atoms with van der Waals surface area (Å²) in [6.45, 7) is 6.57. The van der Waals surface area contributed by atoms with Crippen LogP contribution in [-0.2, 0) is 11.3 Å². The molecule has 1 fully saturated rings. The zero-order valence-electron chi connectivity index (χ0n) is 12.1. The van der Waals surface area contributed by atoms with E-state index in [4.69, 9.17) is 0 Å². The maximum Gasteiger partial charge on any atom is 0.325 e. The van der Waals surface area contributed by atoms with Gasteiger partial charge in [0.2, 0.25) is 0 Å². The van der Waals surface area contributed by atoms with Crippen molar-refractivity contribution >= 4 is 17.8 Å². The Morgan fingerprint density at radius 2 is 2.15 bits per heavy atom. The number of hydrogen-bond acceptors (Lipinski definition) is 4. The van der Waals surface area contributed by atoms with Crippen molar-refractivity contribution in [1.29, 1.82) is 0 Å². The zero-order chi connectivity index (χ0) is 14.8. The molecular formula is C14H20N4O2. The van der Waals surface area contributed by atoms with Gasteiger partial charge in [-0.2, -0.15) is 0 Å². The lowest BCUT2D eigenvalue weighted by atomic mass is 9.99. The lowest BCUT2D eigenvalue weighted by Gasteiger charge is -2.19. The molecule has 0 radical (unpaired) electrons. The first-order valence-corrected chi connectivity index (χ1v) is 6.83. The highest BCUT2D eigenvalue weighted by Crippen LogP contribution is 2.24. The monoisotopic (exact) mass is 276 g/mol. The number of urea groups is 1. The summed E-state index contributed by atoms with van der Waals surface area (Å²) in [4.78, 5) is 29.8. The lowest BCUT2D eigenvalue weighted by Crippen LogP contribution is -2.43. The fraction of sp³-hybridized carbons (Fsp3) is 0.500. The standard InChI is InChI=1S/C14H20N4O2/c1-4-14(3)12(19)18(13(20)17-14)9-10-7-6-8-16-11(10)15-5-2/h6-8H,4-5,9H2,1-3H3,(H,15,16)(H,17,20). The molecule has 6 heteroatoms. The van der Waals surface area contributed by atoms with Crippen LogP contribution in [0.3, 0.4) is 0 Å². The van der Waals surface area contributed by atoms with Crippen LogP contribution >= 0.6 is 0 Å². The minimum absolute atomic E-state index is 0.184. The van der Waals surface area contributed by atoms with E-state index in [-0.39, 0.29) is 18.5 Å². The Labute approximate surface area is 118 Å². The molecule has 0 aliphatic carbocycles. The highest BCUT2D eigenvalue weighted by atomic mass is 16.2. The van der Waals surface area contributed by atoms with Crippen LogP contribution in [0.1, 0.15) is 32.8 Å². The van der Waals surface area contributed by atoms with Crippen molar-refractivity contribution in [3.8, 4) is 0 Å². The number of rotatable bonds is 5. The van der Waals surface area contributed by atoms with Crippen LogP contribution < -0.4 is 10.6 Å². The molecule has 1 aromatic rings. The maximum absolute atomic E-state index is 12.3. The van der Waals surface area contributed by atoms with Crippen molar-refractivity contribution in [2.45, 2.75) is 39.3 Å². The molecule has 3 amide bonds. The second-order valence-corrected chi connectivity index (χ2v) is 5.05. The fourth-order valence-corrected chi connectivity index (χ4v) is 2.19. The SMILES string of the molecule is CCNc1ncccc1CN1C(=O)NC(C)(CC)C1=O. The quantitative estimate of drug-likeness (QED) is 0.803. The van der Waals surface area contributed by atoms with Crippen molar-refractivity contribution in [1.82, 2.24) is 15.2 Å². The van der Waals surface area contributed by atoms with Gasteiger partial charge in [0.1, 0.15) is 11.4 Å². The molecule has 1 saturated heterocycles. The van der Waals surface area contributed by atoms with Crippen molar-refractivity contribution in [3.63, 3.8) is 0 Å². The molecule has 1 unspecified atom stereocenters. The Hall–Kier alpha value is -2.11. The number of nitrogens with zero attached hydrogens (tertiary/aromatic N) is 2. The average Bonchev–Trinajstić information content (AvgIpc) is 2.65. The van der Waals surface area contributed by atoms with Gasteiger partial charge in [-0.1, -0.05) is 13.0 Å². The summed E-state index contributed by atoms with van der Waals surface area (Å²) in [7, 11) is 0. The molecule has 1 aliphatic rings. The summed E-state index contributed by atoms with van der Waals surface area (Å²) < 4.78 is 0. The Morgan fingerprint density at radius 1 is 1.40 bits per heavy atom. The van der Waals surface area contributed by atoms with E-state index in [1.165, 1.54) is 4.90 Å². The molecule has 6 nitrogen and oxygen atoms in total. The Balaban J connectivity index is 2.22. The van der Waals surface area contributed by atoms with E-state index < -0.39 is 5.54 Å². The molecule has 20 heavy (non-hydrogen) atoms. The number of aromatic nitrogens is 1. The van der Waals surface area contributed by atoms with Crippen LogP contribution in [0.2, 0.25) is 0 Å². The molecule has 0 spiro atoms. The van der Waals surface area contributed by atoms with E-state index in [0.29, 0.717) is 12.2 Å². The molecule has 108 valence electrons. The van der Waals surface area contributed by atoms with Crippen molar-refractivity contribution < 1.29 is 9.59 Å². The summed E-state index contributed by atoms with van der Waals surface area (Å²) in [5, 5.41) is 5.88. The predicted molar refractivity (Wildman–Crippen MR) is 76.2 cm³/mol. The molecule has 0 aromatic carbocycles. The van der Waals surface area contributed by atoms with Crippen LogP contribution in [0.5, 0.6) is 0 Å². The third kappa shape index (κ3) is 2.45. The molecule has 1 atom stereocenters. The van der Waals surface area contributed by atoms with Crippen LogP contribution in [0.25, 0.3) is 0 Å². The summed E-state index contributed by atoms with van der Waals surface area (Å²) in [5.41, 5.74) is 0.0377. The molecule has 2 rings (SSSR count). The van der Waals surface area contributed by atoms with Crippen LogP contribution in [0, 0.1) is 0 Å². The largest absolute Gasteiger partial charge is 0.370 e. The van der Waals surface area contributed by atoms with Gasteiger partial charge in [-0.3, -0.25) is 9.69 Å². The average molecular weight is 276 g/mol. The molecule has 0 bridgehead atoms. The van der Waals surface area contributed by atoms with Gasteiger partial charge in [-0.25, -0.2) is 9.78 Å². The Bertz CT molecular complexity index is 532. The van der Waals surface area contributed by atoms with E-state index in [9.17, 15) is 9.59 Å². The van der Waals surface area contributed by atoms with E-state index in [1.54, 1.807) is 19.2 Å². The fourth-order valence-electron chi connectivity index (χ4n) is 2.19. The normalized spacial score (nSPS) is 22.1. The Morgan fingerprint density at radius 3 is 2.75 bits per heavy atom. The molecular weight excluding hydrogens is 256 g/mol. The number of hydrogen-bond donors (Lipinski definition) is 2. The molecule has 2 heterocycles.